The summed E-state index contributed by atoms with van der Waals surface area (Å²) >= 11 is 10.4. The highest BCUT2D eigenvalue weighted by atomic mass is 127. The summed E-state index contributed by atoms with van der Waals surface area (Å²) in [5.74, 6) is 0. The van der Waals surface area contributed by atoms with Crippen molar-refractivity contribution in [3.8, 4) is 20.9 Å². The van der Waals surface area contributed by atoms with Crippen LogP contribution in [0.25, 0.3) is 41.1 Å². The van der Waals surface area contributed by atoms with E-state index in [-0.39, 0.29) is 0 Å². The van der Waals surface area contributed by atoms with Gasteiger partial charge in [-0.3, -0.25) is 0 Å². The molecular formula is C20H10I2S3. The van der Waals surface area contributed by atoms with E-state index in [4.69, 9.17) is 0 Å². The van der Waals surface area contributed by atoms with Crippen LogP contribution in [0.5, 0.6) is 0 Å². The monoisotopic (exact) mass is 600 g/mol. The molecule has 0 saturated heterocycles. The van der Waals surface area contributed by atoms with Gasteiger partial charge in [0.05, 0.1) is 5.77 Å². The number of rotatable bonds is 2. The highest BCUT2D eigenvalue weighted by Gasteiger charge is 2.10. The summed E-state index contributed by atoms with van der Waals surface area (Å²) in [6, 6.07) is 22.6. The summed E-state index contributed by atoms with van der Waals surface area (Å²) in [5, 5.41) is 2.73. The van der Waals surface area contributed by atoms with Gasteiger partial charge in [-0.05, 0) is 92.7 Å². The van der Waals surface area contributed by atoms with Gasteiger partial charge in [-0.25, -0.2) is 0 Å². The van der Waals surface area contributed by atoms with Crippen molar-refractivity contribution < 1.29 is 0 Å². The van der Waals surface area contributed by atoms with Gasteiger partial charge in [0.1, 0.15) is 0 Å². The zero-order valence-electron chi connectivity index (χ0n) is 12.8. The maximum Gasteiger partial charge on any atom is 0.0660 e. The minimum Gasteiger partial charge on any atom is -0.135 e. The first-order valence-electron chi connectivity index (χ1n) is 7.65. The third-order valence-electron chi connectivity index (χ3n) is 4.19. The molecule has 0 atom stereocenters. The Morgan fingerprint density at radius 3 is 1.40 bits per heavy atom. The molecule has 3 heterocycles. The van der Waals surface area contributed by atoms with Crippen LogP contribution in [0.15, 0.2) is 60.7 Å². The number of halogens is 2. The molecule has 0 amide bonds. The fourth-order valence-corrected chi connectivity index (χ4v) is 7.44. The predicted molar refractivity (Wildman–Crippen MR) is 131 cm³/mol. The molecule has 2 aromatic carbocycles. The van der Waals surface area contributed by atoms with Crippen LogP contribution in [0.2, 0.25) is 0 Å². The van der Waals surface area contributed by atoms with Gasteiger partial charge in [-0.1, -0.05) is 24.3 Å². The van der Waals surface area contributed by atoms with E-state index in [9.17, 15) is 0 Å². The van der Waals surface area contributed by atoms with E-state index < -0.39 is 0 Å². The summed E-state index contributed by atoms with van der Waals surface area (Å²) in [4.78, 5) is 2.69. The SMILES string of the molecule is Ic1ccc(-c2ccc3c(c2)sc2cc(-c4ccc(I)s4)ccc23)s1. The molecule has 0 unspecified atom stereocenters. The molecule has 0 aliphatic heterocycles. The van der Waals surface area contributed by atoms with Gasteiger partial charge < -0.3 is 0 Å². The summed E-state index contributed by atoms with van der Waals surface area (Å²) in [6.45, 7) is 0. The minimum atomic E-state index is 1.32. The Morgan fingerprint density at radius 1 is 0.520 bits per heavy atom. The second-order valence-electron chi connectivity index (χ2n) is 5.73. The molecule has 122 valence electrons. The van der Waals surface area contributed by atoms with Crippen LogP contribution in [0, 0.1) is 5.77 Å². The van der Waals surface area contributed by atoms with Gasteiger partial charge in [0.25, 0.3) is 0 Å². The molecular weight excluding hydrogens is 590 g/mol. The third-order valence-corrected chi connectivity index (χ3v) is 9.19. The maximum absolute atomic E-state index is 2.39. The number of hydrogen-bond donors (Lipinski definition) is 0. The highest BCUT2D eigenvalue weighted by molar-refractivity contribution is 14.1. The number of fused-ring (bicyclic) bond motifs is 3. The molecule has 0 radical (unpaired) electrons. The summed E-state index contributed by atoms with van der Waals surface area (Å²) in [6.07, 6.45) is 0. The standard InChI is InChI=1S/C20H10I2S3/c21-19-7-5-15(24-19)11-1-3-13-14-4-2-12(16-6-8-20(22)25-16)10-18(14)23-17(13)9-11/h1-10H. The average molecular weight is 600 g/mol. The van der Waals surface area contributed by atoms with Crippen molar-refractivity contribution >= 4 is 99.4 Å². The van der Waals surface area contributed by atoms with Crippen LogP contribution in [-0.2, 0) is 0 Å². The topological polar surface area (TPSA) is 0 Å². The number of benzene rings is 2. The lowest BCUT2D eigenvalue weighted by Crippen LogP contribution is -1.73. The Balaban J connectivity index is 1.66. The Kier molecular flexibility index (Phi) is 4.40. The number of thiophene rings is 3. The second kappa shape index (κ2) is 6.60. The number of hydrogen-bond acceptors (Lipinski definition) is 3. The first kappa shape index (κ1) is 16.7. The lowest BCUT2D eigenvalue weighted by molar-refractivity contribution is 1.79. The molecule has 5 rings (SSSR count). The van der Waals surface area contributed by atoms with E-state index in [1.807, 2.05) is 34.0 Å². The molecule has 0 nitrogen and oxygen atoms in total. The van der Waals surface area contributed by atoms with Gasteiger partial charge in [0, 0.05) is 29.9 Å². The molecule has 0 aliphatic carbocycles. The van der Waals surface area contributed by atoms with E-state index >= 15 is 0 Å². The van der Waals surface area contributed by atoms with Gasteiger partial charge >= 0.3 is 0 Å². The zero-order valence-corrected chi connectivity index (χ0v) is 19.5. The van der Waals surface area contributed by atoms with Crippen molar-refractivity contribution in [3.63, 3.8) is 0 Å². The lowest BCUT2D eigenvalue weighted by atomic mass is 10.1. The fraction of sp³-hybridized carbons (Fsp3) is 0. The molecule has 0 N–H and O–H groups in total. The van der Waals surface area contributed by atoms with Gasteiger partial charge in [0.2, 0.25) is 0 Å². The normalized spacial score (nSPS) is 11.6. The molecule has 3 aromatic heterocycles. The summed E-state index contributed by atoms with van der Waals surface area (Å²) in [5.41, 5.74) is 2.64. The Labute approximate surface area is 184 Å². The van der Waals surface area contributed by atoms with Crippen molar-refractivity contribution in [1.29, 1.82) is 0 Å². The molecule has 0 spiro atoms. The van der Waals surface area contributed by atoms with Gasteiger partial charge in [-0.15, -0.1) is 34.0 Å². The zero-order chi connectivity index (χ0) is 17.0. The fourth-order valence-electron chi connectivity index (χ4n) is 3.02. The van der Waals surface area contributed by atoms with Crippen LogP contribution in [0.1, 0.15) is 0 Å². The lowest BCUT2D eigenvalue weighted by Gasteiger charge is -1.99. The molecule has 0 aliphatic rings. The predicted octanol–water partition coefficient (Wildman–Crippen LogP) is 8.72. The summed E-state index contributed by atoms with van der Waals surface area (Å²) < 4.78 is 5.40. The van der Waals surface area contributed by atoms with E-state index in [1.54, 1.807) is 0 Å². The minimum absolute atomic E-state index is 1.32. The molecule has 0 fully saturated rings. The van der Waals surface area contributed by atoms with E-state index in [0.717, 1.165) is 0 Å². The maximum atomic E-state index is 2.39. The summed E-state index contributed by atoms with van der Waals surface area (Å²) in [7, 11) is 0. The Hall–Kier alpha value is -0.480. The van der Waals surface area contributed by atoms with Crippen molar-refractivity contribution in [1.82, 2.24) is 0 Å². The van der Waals surface area contributed by atoms with Gasteiger partial charge in [-0.2, -0.15) is 0 Å². The smallest absolute Gasteiger partial charge is 0.0660 e. The van der Waals surface area contributed by atoms with Crippen LogP contribution >= 0.6 is 79.2 Å². The van der Waals surface area contributed by atoms with Crippen LogP contribution in [-0.4, -0.2) is 0 Å². The Bertz CT molecular complexity index is 1130. The highest BCUT2D eigenvalue weighted by Crippen LogP contribution is 2.40. The average Bonchev–Trinajstić information content (AvgIpc) is 3.31. The van der Waals surface area contributed by atoms with Crippen LogP contribution in [0.4, 0.5) is 0 Å². The van der Waals surface area contributed by atoms with E-state index in [1.165, 1.54) is 46.8 Å². The third kappa shape index (κ3) is 3.07. The molecule has 0 saturated carbocycles. The molecule has 0 bridgehead atoms. The molecule has 5 aromatic rings. The van der Waals surface area contributed by atoms with Crippen LogP contribution in [0.3, 0.4) is 0 Å². The van der Waals surface area contributed by atoms with Gasteiger partial charge in [0.15, 0.2) is 0 Å². The van der Waals surface area contributed by atoms with Crippen molar-refractivity contribution in [2.45, 2.75) is 0 Å². The quantitative estimate of drug-likeness (QED) is 0.178. The molecule has 25 heavy (non-hydrogen) atoms. The first-order chi connectivity index (χ1) is 12.2. The van der Waals surface area contributed by atoms with Crippen LogP contribution < -0.4 is 0 Å². The first-order valence-corrected chi connectivity index (χ1v) is 12.3. The second-order valence-corrected chi connectivity index (χ2v) is 12.8. The van der Waals surface area contributed by atoms with Crippen molar-refractivity contribution in [2.75, 3.05) is 0 Å². The largest absolute Gasteiger partial charge is 0.135 e. The van der Waals surface area contributed by atoms with E-state index in [0.29, 0.717) is 0 Å². The van der Waals surface area contributed by atoms with Crippen molar-refractivity contribution in [2.24, 2.45) is 0 Å². The van der Waals surface area contributed by atoms with Crippen molar-refractivity contribution in [3.05, 3.63) is 66.4 Å². The van der Waals surface area contributed by atoms with E-state index in [2.05, 4.69) is 106 Å². The molecule has 5 heteroatoms. The Morgan fingerprint density at radius 2 is 1.00 bits per heavy atom.